The maximum absolute atomic E-state index is 12.2. The van der Waals surface area contributed by atoms with Crippen LogP contribution in [0.3, 0.4) is 0 Å². The van der Waals surface area contributed by atoms with Crippen LogP contribution in [0.15, 0.2) is 42.7 Å². The smallest absolute Gasteiger partial charge is 0.254 e. The van der Waals surface area contributed by atoms with Gasteiger partial charge in [0.15, 0.2) is 0 Å². The number of hydrogen-bond donors (Lipinski definition) is 2. The quantitative estimate of drug-likeness (QED) is 0.843. The van der Waals surface area contributed by atoms with Crippen LogP contribution in [0.5, 0.6) is 0 Å². The van der Waals surface area contributed by atoms with E-state index in [0.29, 0.717) is 18.7 Å². The van der Waals surface area contributed by atoms with Gasteiger partial charge in [-0.15, -0.1) is 0 Å². The molecule has 7 nitrogen and oxygen atoms in total. The molecule has 1 unspecified atom stereocenters. The summed E-state index contributed by atoms with van der Waals surface area (Å²) in [6.07, 6.45) is 4.82. The summed E-state index contributed by atoms with van der Waals surface area (Å²) in [4.78, 5) is 26.3. The van der Waals surface area contributed by atoms with Gasteiger partial charge in [-0.3, -0.25) is 19.2 Å². The second-order valence-corrected chi connectivity index (χ2v) is 6.40. The summed E-state index contributed by atoms with van der Waals surface area (Å²) < 4.78 is 1.61. The normalized spacial score (nSPS) is 17.2. The van der Waals surface area contributed by atoms with E-state index in [0.717, 1.165) is 18.4 Å². The van der Waals surface area contributed by atoms with Crippen LogP contribution in [0.25, 0.3) is 0 Å². The van der Waals surface area contributed by atoms with Crippen molar-refractivity contribution in [1.82, 2.24) is 20.0 Å². The highest BCUT2D eigenvalue weighted by molar-refractivity contribution is 5.93. The molecule has 0 spiro atoms. The molecule has 2 amide bonds. The van der Waals surface area contributed by atoms with Gasteiger partial charge in [-0.2, -0.15) is 5.10 Å². The van der Waals surface area contributed by atoms with E-state index < -0.39 is 6.04 Å². The first-order valence-corrected chi connectivity index (χ1v) is 8.42. The minimum Gasteiger partial charge on any atom is -0.368 e. The Balaban J connectivity index is 1.59. The van der Waals surface area contributed by atoms with Crippen molar-refractivity contribution in [3.63, 3.8) is 0 Å². The predicted octanol–water partition coefficient (Wildman–Crippen LogP) is 0.841. The van der Waals surface area contributed by atoms with E-state index in [4.69, 9.17) is 5.73 Å². The predicted molar refractivity (Wildman–Crippen MR) is 93.6 cm³/mol. The number of benzene rings is 1. The van der Waals surface area contributed by atoms with Gasteiger partial charge in [0, 0.05) is 32.4 Å². The van der Waals surface area contributed by atoms with Crippen LogP contribution < -0.4 is 11.1 Å². The molecule has 3 N–H and O–H groups in total. The summed E-state index contributed by atoms with van der Waals surface area (Å²) in [6.45, 7) is 1.42. The summed E-state index contributed by atoms with van der Waals surface area (Å²) in [5.74, 6) is -0.454. The first kappa shape index (κ1) is 17.2. The third-order valence-electron chi connectivity index (χ3n) is 4.58. The Morgan fingerprint density at radius 3 is 2.48 bits per heavy atom. The Kier molecular flexibility index (Phi) is 5.14. The van der Waals surface area contributed by atoms with Crippen molar-refractivity contribution in [2.45, 2.75) is 24.9 Å². The Morgan fingerprint density at radius 2 is 1.92 bits per heavy atom. The van der Waals surface area contributed by atoms with Crippen molar-refractivity contribution in [2.75, 3.05) is 13.1 Å². The van der Waals surface area contributed by atoms with E-state index in [1.54, 1.807) is 24.1 Å². The van der Waals surface area contributed by atoms with Crippen molar-refractivity contribution in [2.24, 2.45) is 12.8 Å². The van der Waals surface area contributed by atoms with E-state index in [2.05, 4.69) is 15.3 Å². The highest BCUT2D eigenvalue weighted by Crippen LogP contribution is 2.24. The molecule has 7 heteroatoms. The minimum absolute atomic E-state index is 0.0910. The highest BCUT2D eigenvalue weighted by atomic mass is 16.2. The second kappa shape index (κ2) is 7.48. The number of rotatable bonds is 5. The molecule has 25 heavy (non-hydrogen) atoms. The number of nitrogens with two attached hydrogens (primary N) is 1. The Hall–Kier alpha value is -2.67. The molecule has 0 radical (unpaired) electrons. The molecule has 1 aliphatic heterocycles. The van der Waals surface area contributed by atoms with Crippen molar-refractivity contribution < 1.29 is 9.59 Å². The molecular formula is C18H23N5O2. The van der Waals surface area contributed by atoms with Crippen LogP contribution in [-0.2, 0) is 11.8 Å². The zero-order valence-corrected chi connectivity index (χ0v) is 14.3. The SMILES string of the molecule is Cn1cc(C(=O)NC2CCN(C(C(N)=O)c3ccccc3)CC2)cn1. The number of amides is 2. The fourth-order valence-electron chi connectivity index (χ4n) is 3.30. The van der Waals surface area contributed by atoms with Crippen molar-refractivity contribution >= 4 is 11.8 Å². The number of carbonyl (C=O) groups excluding carboxylic acids is 2. The molecule has 1 aromatic carbocycles. The summed E-state index contributed by atoms with van der Waals surface area (Å²) in [5.41, 5.74) is 7.10. The lowest BCUT2D eigenvalue weighted by Crippen LogP contribution is -2.48. The number of likely N-dealkylation sites (tertiary alicyclic amines) is 1. The van der Waals surface area contributed by atoms with Crippen molar-refractivity contribution in [3.05, 3.63) is 53.9 Å². The molecule has 1 fully saturated rings. The summed E-state index contributed by atoms with van der Waals surface area (Å²) in [6, 6.07) is 9.25. The molecule has 1 atom stereocenters. The topological polar surface area (TPSA) is 93.3 Å². The van der Waals surface area contributed by atoms with E-state index >= 15 is 0 Å². The number of carbonyl (C=O) groups is 2. The fourth-order valence-corrected chi connectivity index (χ4v) is 3.30. The number of nitrogens with one attached hydrogen (secondary N) is 1. The Morgan fingerprint density at radius 1 is 1.24 bits per heavy atom. The van der Waals surface area contributed by atoms with Crippen LogP contribution in [0, 0.1) is 0 Å². The Bertz CT molecular complexity index is 735. The van der Waals surface area contributed by atoms with Gasteiger partial charge in [0.2, 0.25) is 5.91 Å². The minimum atomic E-state index is -0.420. The summed E-state index contributed by atoms with van der Waals surface area (Å²) in [5, 5.41) is 7.06. The molecule has 1 saturated heterocycles. The van der Waals surface area contributed by atoms with Gasteiger partial charge in [0.1, 0.15) is 6.04 Å². The zero-order chi connectivity index (χ0) is 17.8. The van der Waals surface area contributed by atoms with Crippen LogP contribution in [0.4, 0.5) is 0 Å². The average Bonchev–Trinajstić information content (AvgIpc) is 3.04. The standard InChI is InChI=1S/C18H23N5O2/c1-22-12-14(11-20-22)18(25)21-15-7-9-23(10-8-15)16(17(19)24)13-5-3-2-4-6-13/h2-6,11-12,15-16H,7-10H2,1H3,(H2,19,24)(H,21,25). The number of piperidine rings is 1. The van der Waals surface area contributed by atoms with Crippen LogP contribution in [0.1, 0.15) is 34.8 Å². The van der Waals surface area contributed by atoms with E-state index in [9.17, 15) is 9.59 Å². The maximum Gasteiger partial charge on any atom is 0.254 e. The van der Waals surface area contributed by atoms with Gasteiger partial charge in [0.25, 0.3) is 5.91 Å². The molecule has 1 aromatic heterocycles. The van der Waals surface area contributed by atoms with Crippen LogP contribution in [-0.4, -0.2) is 45.6 Å². The fraction of sp³-hybridized carbons (Fsp3) is 0.389. The third kappa shape index (κ3) is 4.06. The molecule has 132 valence electrons. The van der Waals surface area contributed by atoms with Crippen molar-refractivity contribution in [1.29, 1.82) is 0 Å². The van der Waals surface area contributed by atoms with Crippen LogP contribution in [0.2, 0.25) is 0 Å². The lowest BCUT2D eigenvalue weighted by atomic mass is 9.98. The third-order valence-corrected chi connectivity index (χ3v) is 4.58. The molecule has 1 aliphatic rings. The number of aromatic nitrogens is 2. The van der Waals surface area contributed by atoms with E-state index in [-0.39, 0.29) is 17.9 Å². The van der Waals surface area contributed by atoms with E-state index in [1.165, 1.54) is 0 Å². The number of aryl methyl sites for hydroxylation is 1. The number of primary amides is 1. The largest absolute Gasteiger partial charge is 0.368 e. The lowest BCUT2D eigenvalue weighted by Gasteiger charge is -2.36. The Labute approximate surface area is 146 Å². The average molecular weight is 341 g/mol. The second-order valence-electron chi connectivity index (χ2n) is 6.40. The monoisotopic (exact) mass is 341 g/mol. The van der Waals surface area contributed by atoms with Gasteiger partial charge < -0.3 is 11.1 Å². The summed E-state index contributed by atoms with van der Waals surface area (Å²) >= 11 is 0. The van der Waals surface area contributed by atoms with Crippen molar-refractivity contribution in [3.8, 4) is 0 Å². The van der Waals surface area contributed by atoms with Gasteiger partial charge in [0.05, 0.1) is 11.8 Å². The van der Waals surface area contributed by atoms with Gasteiger partial charge in [-0.1, -0.05) is 30.3 Å². The first-order valence-electron chi connectivity index (χ1n) is 8.42. The van der Waals surface area contributed by atoms with Crippen LogP contribution >= 0.6 is 0 Å². The lowest BCUT2D eigenvalue weighted by molar-refractivity contribution is -0.124. The summed E-state index contributed by atoms with van der Waals surface area (Å²) in [7, 11) is 1.78. The number of hydrogen-bond acceptors (Lipinski definition) is 4. The van der Waals surface area contributed by atoms with Gasteiger partial charge in [-0.25, -0.2) is 0 Å². The molecule has 2 heterocycles. The van der Waals surface area contributed by atoms with Gasteiger partial charge >= 0.3 is 0 Å². The molecule has 3 rings (SSSR count). The number of nitrogens with zero attached hydrogens (tertiary/aromatic N) is 3. The molecule has 2 aromatic rings. The molecule has 0 bridgehead atoms. The molecule has 0 saturated carbocycles. The zero-order valence-electron chi connectivity index (χ0n) is 14.3. The first-order chi connectivity index (χ1) is 12.0. The molecule has 0 aliphatic carbocycles. The van der Waals surface area contributed by atoms with Gasteiger partial charge in [-0.05, 0) is 18.4 Å². The highest BCUT2D eigenvalue weighted by Gasteiger charge is 2.30. The van der Waals surface area contributed by atoms with E-state index in [1.807, 2.05) is 30.3 Å². The molecular weight excluding hydrogens is 318 g/mol. The maximum atomic E-state index is 12.2.